The van der Waals surface area contributed by atoms with Crippen LogP contribution in [0.2, 0.25) is 0 Å². The van der Waals surface area contributed by atoms with E-state index in [1.807, 2.05) is 0 Å². The van der Waals surface area contributed by atoms with Gasteiger partial charge in [0.25, 0.3) is 0 Å². The average Bonchev–Trinajstić information content (AvgIpc) is 2.18. The fourth-order valence-corrected chi connectivity index (χ4v) is 1.06. The summed E-state index contributed by atoms with van der Waals surface area (Å²) in [6, 6.07) is 7.15. The van der Waals surface area contributed by atoms with Crippen molar-refractivity contribution in [3.05, 3.63) is 29.8 Å². The van der Waals surface area contributed by atoms with E-state index in [0.29, 0.717) is 11.4 Å². The van der Waals surface area contributed by atoms with Crippen molar-refractivity contribution >= 4 is 23.6 Å². The van der Waals surface area contributed by atoms with Crippen molar-refractivity contribution in [2.24, 2.45) is 0 Å². The number of benzene rings is 1. The van der Waals surface area contributed by atoms with Gasteiger partial charge in [0, 0.05) is 5.56 Å². The molecular weight excluding hydrogens is 186 g/mol. The van der Waals surface area contributed by atoms with Gasteiger partial charge < -0.3 is 10.1 Å². The molecule has 0 aromatic heterocycles. The molecule has 3 nitrogen and oxygen atoms in total. The standard InChI is InChI=1S/C9H9NO2S/c1-12-8-4-2-7(3-5-8)9(13)10-6-11/h2-6H,1H3,(H,10,11,13). The van der Waals surface area contributed by atoms with Gasteiger partial charge >= 0.3 is 0 Å². The second kappa shape index (κ2) is 4.57. The van der Waals surface area contributed by atoms with Gasteiger partial charge in [-0.25, -0.2) is 0 Å². The molecule has 1 N–H and O–H groups in total. The normalized spacial score (nSPS) is 9.00. The number of ether oxygens (including phenoxy) is 1. The summed E-state index contributed by atoms with van der Waals surface area (Å²) in [5, 5.41) is 2.41. The van der Waals surface area contributed by atoms with Crippen molar-refractivity contribution in [2.45, 2.75) is 0 Å². The second-order valence-electron chi connectivity index (χ2n) is 2.32. The van der Waals surface area contributed by atoms with Crippen LogP contribution < -0.4 is 10.1 Å². The quantitative estimate of drug-likeness (QED) is 0.580. The van der Waals surface area contributed by atoms with E-state index in [4.69, 9.17) is 17.0 Å². The Hall–Kier alpha value is -1.42. The Bertz CT molecular complexity index is 308. The number of rotatable bonds is 3. The van der Waals surface area contributed by atoms with Crippen LogP contribution in [0.3, 0.4) is 0 Å². The molecule has 0 unspecified atom stereocenters. The van der Waals surface area contributed by atoms with E-state index in [2.05, 4.69) is 5.32 Å². The maximum absolute atomic E-state index is 10.1. The van der Waals surface area contributed by atoms with Crippen LogP contribution >= 0.6 is 12.2 Å². The van der Waals surface area contributed by atoms with Gasteiger partial charge in [-0.3, -0.25) is 4.79 Å². The predicted octanol–water partition coefficient (Wildman–Crippen LogP) is 1.12. The fraction of sp³-hybridized carbons (Fsp3) is 0.111. The van der Waals surface area contributed by atoms with E-state index < -0.39 is 0 Å². The van der Waals surface area contributed by atoms with E-state index in [1.54, 1.807) is 31.4 Å². The van der Waals surface area contributed by atoms with Crippen molar-refractivity contribution in [3.8, 4) is 5.75 Å². The third kappa shape index (κ3) is 2.52. The summed E-state index contributed by atoms with van der Waals surface area (Å²) < 4.78 is 4.98. The lowest BCUT2D eigenvalue weighted by Crippen LogP contribution is -2.19. The summed E-state index contributed by atoms with van der Waals surface area (Å²) in [5.41, 5.74) is 0.794. The Labute approximate surface area is 81.7 Å². The molecule has 4 heteroatoms. The minimum absolute atomic E-state index is 0.414. The van der Waals surface area contributed by atoms with Crippen LogP contribution in [-0.4, -0.2) is 18.5 Å². The van der Waals surface area contributed by atoms with Crippen LogP contribution in [0.1, 0.15) is 5.56 Å². The number of hydrogen-bond acceptors (Lipinski definition) is 3. The molecule has 1 aromatic carbocycles. The zero-order valence-corrected chi connectivity index (χ0v) is 7.93. The summed E-state index contributed by atoms with van der Waals surface area (Å²) in [5.74, 6) is 0.762. The van der Waals surface area contributed by atoms with E-state index in [9.17, 15) is 4.79 Å². The van der Waals surface area contributed by atoms with E-state index >= 15 is 0 Å². The number of nitrogens with one attached hydrogen (secondary N) is 1. The van der Waals surface area contributed by atoms with Gasteiger partial charge in [-0.15, -0.1) is 0 Å². The number of hydrogen-bond donors (Lipinski definition) is 1. The first-order valence-electron chi connectivity index (χ1n) is 3.66. The van der Waals surface area contributed by atoms with Crippen LogP contribution in [0.25, 0.3) is 0 Å². The molecule has 0 bridgehead atoms. The lowest BCUT2D eigenvalue weighted by atomic mass is 10.2. The van der Waals surface area contributed by atoms with Crippen LogP contribution in [0.15, 0.2) is 24.3 Å². The first-order chi connectivity index (χ1) is 6.27. The molecule has 68 valence electrons. The summed E-state index contributed by atoms with van der Waals surface area (Å²) in [6.45, 7) is 0. The molecule has 0 atom stereocenters. The molecular formula is C9H9NO2S. The lowest BCUT2D eigenvalue weighted by molar-refractivity contribution is -0.108. The number of carbonyl (C=O) groups excluding carboxylic acids is 1. The van der Waals surface area contributed by atoms with E-state index in [0.717, 1.165) is 11.3 Å². The van der Waals surface area contributed by atoms with Crippen LogP contribution in [0.5, 0.6) is 5.75 Å². The predicted molar refractivity (Wildman–Crippen MR) is 53.9 cm³/mol. The summed E-state index contributed by atoms with van der Waals surface area (Å²) in [7, 11) is 1.59. The summed E-state index contributed by atoms with van der Waals surface area (Å²) >= 11 is 4.92. The zero-order chi connectivity index (χ0) is 9.68. The maximum Gasteiger partial charge on any atom is 0.212 e. The average molecular weight is 195 g/mol. The van der Waals surface area contributed by atoms with Gasteiger partial charge in [0.2, 0.25) is 6.41 Å². The molecule has 0 radical (unpaired) electrons. The number of carbonyl (C=O) groups is 1. The highest BCUT2D eigenvalue weighted by molar-refractivity contribution is 7.80. The number of thiocarbonyl (C=S) groups is 1. The van der Waals surface area contributed by atoms with Gasteiger partial charge in [-0.05, 0) is 24.3 Å². The van der Waals surface area contributed by atoms with Crippen molar-refractivity contribution in [1.29, 1.82) is 0 Å². The lowest BCUT2D eigenvalue weighted by Gasteiger charge is -2.03. The SMILES string of the molecule is COc1ccc(C(=S)NC=O)cc1. The maximum atomic E-state index is 10.1. The zero-order valence-electron chi connectivity index (χ0n) is 7.11. The highest BCUT2D eigenvalue weighted by atomic mass is 32.1. The van der Waals surface area contributed by atoms with Crippen LogP contribution in [-0.2, 0) is 4.79 Å². The van der Waals surface area contributed by atoms with Gasteiger partial charge in [-0.2, -0.15) is 0 Å². The first-order valence-corrected chi connectivity index (χ1v) is 4.07. The molecule has 1 aromatic rings. The molecule has 0 saturated heterocycles. The Morgan fingerprint density at radius 1 is 1.46 bits per heavy atom. The Balaban J connectivity index is 2.79. The highest BCUT2D eigenvalue weighted by Crippen LogP contribution is 2.11. The Kier molecular flexibility index (Phi) is 3.40. The molecule has 0 aliphatic carbocycles. The highest BCUT2D eigenvalue weighted by Gasteiger charge is 1.98. The molecule has 13 heavy (non-hydrogen) atoms. The van der Waals surface area contributed by atoms with Crippen LogP contribution in [0, 0.1) is 0 Å². The summed E-state index contributed by atoms with van der Waals surface area (Å²) in [6.07, 6.45) is 0.562. The van der Waals surface area contributed by atoms with Crippen molar-refractivity contribution in [1.82, 2.24) is 5.32 Å². The third-order valence-corrected chi connectivity index (χ3v) is 1.90. The van der Waals surface area contributed by atoms with E-state index in [-0.39, 0.29) is 0 Å². The largest absolute Gasteiger partial charge is 0.497 e. The van der Waals surface area contributed by atoms with Crippen molar-refractivity contribution in [3.63, 3.8) is 0 Å². The molecule has 0 heterocycles. The van der Waals surface area contributed by atoms with Gasteiger partial charge in [0.05, 0.1) is 7.11 Å². The minimum Gasteiger partial charge on any atom is -0.497 e. The fourth-order valence-electron chi connectivity index (χ4n) is 0.879. The van der Waals surface area contributed by atoms with E-state index in [1.165, 1.54) is 0 Å². The molecule has 0 spiro atoms. The second-order valence-corrected chi connectivity index (χ2v) is 2.73. The first kappa shape index (κ1) is 9.67. The Morgan fingerprint density at radius 3 is 2.54 bits per heavy atom. The smallest absolute Gasteiger partial charge is 0.212 e. The van der Waals surface area contributed by atoms with Crippen molar-refractivity contribution < 1.29 is 9.53 Å². The topological polar surface area (TPSA) is 38.3 Å². The Morgan fingerprint density at radius 2 is 2.08 bits per heavy atom. The van der Waals surface area contributed by atoms with Gasteiger partial charge in [-0.1, -0.05) is 12.2 Å². The van der Waals surface area contributed by atoms with Crippen molar-refractivity contribution in [2.75, 3.05) is 7.11 Å². The summed E-state index contributed by atoms with van der Waals surface area (Å²) in [4.78, 5) is 10.5. The molecule has 1 amide bonds. The third-order valence-electron chi connectivity index (χ3n) is 1.54. The van der Waals surface area contributed by atoms with Gasteiger partial charge in [0.1, 0.15) is 10.7 Å². The monoisotopic (exact) mass is 195 g/mol. The van der Waals surface area contributed by atoms with Gasteiger partial charge in [0.15, 0.2) is 0 Å². The molecule has 0 saturated carbocycles. The molecule has 0 fully saturated rings. The molecule has 0 aliphatic rings. The van der Waals surface area contributed by atoms with Crippen LogP contribution in [0.4, 0.5) is 0 Å². The number of methoxy groups -OCH3 is 1. The molecule has 0 aliphatic heterocycles. The molecule has 1 rings (SSSR count). The number of amides is 1. The minimum atomic E-state index is 0.414.